The molecule has 33 heavy (non-hydrogen) atoms. The summed E-state index contributed by atoms with van der Waals surface area (Å²) in [5.74, 6) is 0.0718. The molecule has 1 spiro atoms. The molecule has 3 saturated heterocycles. The topological polar surface area (TPSA) is 53.1 Å². The highest BCUT2D eigenvalue weighted by Crippen LogP contribution is 2.52. The highest BCUT2D eigenvalue weighted by molar-refractivity contribution is 5.81. The number of fused-ring (bicyclic) bond motifs is 3. The fourth-order valence-corrected chi connectivity index (χ4v) is 7.12. The van der Waals surface area contributed by atoms with Crippen LogP contribution in [0, 0.1) is 11.3 Å². The van der Waals surface area contributed by atoms with Gasteiger partial charge in [-0.3, -0.25) is 4.79 Å². The number of carbonyl (C=O) groups excluding carboxylic acids is 2. The molecule has 2 bridgehead atoms. The Labute approximate surface area is 196 Å². The Kier molecular flexibility index (Phi) is 6.04. The smallest absolute Gasteiger partial charge is 0.410 e. The number of halogens is 1. The minimum Gasteiger partial charge on any atom is -0.450 e. The number of piperidine rings is 2. The molecule has 4 aliphatic heterocycles. The molecule has 0 aromatic heterocycles. The van der Waals surface area contributed by atoms with Crippen molar-refractivity contribution in [2.45, 2.75) is 90.3 Å². The molecule has 0 saturated carbocycles. The number of carbonyl (C=O) groups is 2. The molecule has 0 aromatic rings. The van der Waals surface area contributed by atoms with Crippen LogP contribution in [0.4, 0.5) is 9.18 Å². The zero-order chi connectivity index (χ0) is 23.3. The molecule has 2 atom stereocenters. The number of hydrogen-bond acceptors (Lipinski definition) is 4. The quantitative estimate of drug-likeness (QED) is 0.618. The van der Waals surface area contributed by atoms with Gasteiger partial charge in [0.1, 0.15) is 5.83 Å². The van der Waals surface area contributed by atoms with E-state index in [1.54, 1.807) is 6.08 Å². The Hall–Kier alpha value is -1.89. The van der Waals surface area contributed by atoms with E-state index < -0.39 is 0 Å². The molecule has 182 valence electrons. The maximum Gasteiger partial charge on any atom is 0.410 e. The summed E-state index contributed by atoms with van der Waals surface area (Å²) < 4.78 is 19.6. The predicted octanol–water partition coefficient (Wildman–Crippen LogP) is 4.62. The van der Waals surface area contributed by atoms with Gasteiger partial charge >= 0.3 is 6.09 Å². The summed E-state index contributed by atoms with van der Waals surface area (Å²) in [5, 5.41) is 0. The molecule has 4 heterocycles. The van der Waals surface area contributed by atoms with Crippen molar-refractivity contribution >= 4 is 12.0 Å². The van der Waals surface area contributed by atoms with Crippen molar-refractivity contribution in [3.63, 3.8) is 0 Å². The third-order valence-electron chi connectivity index (χ3n) is 8.79. The highest BCUT2D eigenvalue weighted by Gasteiger charge is 2.51. The lowest BCUT2D eigenvalue weighted by atomic mass is 9.72. The summed E-state index contributed by atoms with van der Waals surface area (Å²) >= 11 is 0. The first-order chi connectivity index (χ1) is 15.8. The SMILES string of the molecule is CCOC(=O)N1C2CCC1CC(N1CCC3(CC1)CN(C(=O)C(C)C)C1=C3C=C(F)CC1)C2. The standard InChI is InChI=1S/C26H38FN3O3/c1-4-33-25(32)30-19-6-7-20(30)15-21(14-19)28-11-9-26(10-12-28)16-29(24(31)17(2)3)23-8-5-18(27)13-22(23)26/h13,17,19-21H,4-12,14-16H2,1-3H3. The van der Waals surface area contributed by atoms with Crippen LogP contribution in [-0.2, 0) is 9.53 Å². The van der Waals surface area contributed by atoms with Crippen molar-refractivity contribution in [1.82, 2.24) is 14.7 Å². The third kappa shape index (κ3) is 3.90. The maximum absolute atomic E-state index is 14.3. The number of rotatable bonds is 3. The average Bonchev–Trinajstić information content (AvgIpc) is 3.24. The van der Waals surface area contributed by atoms with Crippen LogP contribution in [0.25, 0.3) is 0 Å². The molecule has 6 nitrogen and oxygen atoms in total. The van der Waals surface area contributed by atoms with Crippen LogP contribution in [0.1, 0.15) is 72.1 Å². The van der Waals surface area contributed by atoms with E-state index in [0.717, 1.165) is 62.9 Å². The van der Waals surface area contributed by atoms with Gasteiger partial charge in [0.05, 0.1) is 6.61 Å². The molecule has 0 aromatic carbocycles. The largest absolute Gasteiger partial charge is 0.450 e. The molecule has 5 aliphatic rings. The van der Waals surface area contributed by atoms with E-state index in [9.17, 15) is 14.0 Å². The van der Waals surface area contributed by atoms with Crippen molar-refractivity contribution in [2.75, 3.05) is 26.2 Å². The fraction of sp³-hybridized carbons (Fsp3) is 0.769. The van der Waals surface area contributed by atoms with Crippen LogP contribution < -0.4 is 0 Å². The molecule has 0 N–H and O–H groups in total. The second-order valence-electron chi connectivity index (χ2n) is 11.0. The monoisotopic (exact) mass is 459 g/mol. The molecule has 7 heteroatoms. The molecule has 1 aliphatic carbocycles. The van der Waals surface area contributed by atoms with Gasteiger partial charge in [0.2, 0.25) is 5.91 Å². The van der Waals surface area contributed by atoms with E-state index in [1.807, 2.05) is 30.6 Å². The molecule has 5 rings (SSSR count). The van der Waals surface area contributed by atoms with Gasteiger partial charge < -0.3 is 19.4 Å². The summed E-state index contributed by atoms with van der Waals surface area (Å²) in [6.07, 6.45) is 8.76. The molecule has 3 fully saturated rings. The fourth-order valence-electron chi connectivity index (χ4n) is 7.12. The van der Waals surface area contributed by atoms with Crippen LogP contribution in [0.15, 0.2) is 23.2 Å². The van der Waals surface area contributed by atoms with Crippen molar-refractivity contribution in [1.29, 1.82) is 0 Å². The summed E-state index contributed by atoms with van der Waals surface area (Å²) in [6.45, 7) is 8.84. The number of ether oxygens (including phenoxy) is 1. The zero-order valence-corrected chi connectivity index (χ0v) is 20.3. The van der Waals surface area contributed by atoms with Gasteiger partial charge in [-0.1, -0.05) is 13.8 Å². The lowest BCUT2D eigenvalue weighted by Gasteiger charge is -2.47. The second-order valence-corrected chi connectivity index (χ2v) is 11.0. The lowest BCUT2D eigenvalue weighted by Crippen LogP contribution is -2.55. The third-order valence-corrected chi connectivity index (χ3v) is 8.79. The van der Waals surface area contributed by atoms with Gasteiger partial charge in [0.15, 0.2) is 0 Å². The van der Waals surface area contributed by atoms with Crippen LogP contribution in [0.3, 0.4) is 0 Å². The van der Waals surface area contributed by atoms with E-state index in [4.69, 9.17) is 4.74 Å². The first-order valence-electron chi connectivity index (χ1n) is 12.9. The number of nitrogens with zero attached hydrogens (tertiary/aromatic N) is 3. The van der Waals surface area contributed by atoms with Crippen molar-refractivity contribution in [3.8, 4) is 0 Å². The minimum atomic E-state index is -0.146. The van der Waals surface area contributed by atoms with Crippen LogP contribution in [0.5, 0.6) is 0 Å². The average molecular weight is 460 g/mol. The van der Waals surface area contributed by atoms with E-state index in [0.29, 0.717) is 44.1 Å². The summed E-state index contributed by atoms with van der Waals surface area (Å²) in [7, 11) is 0. The number of amides is 2. The molecule has 2 unspecified atom stereocenters. The van der Waals surface area contributed by atoms with Crippen molar-refractivity contribution in [2.24, 2.45) is 11.3 Å². The molecular weight excluding hydrogens is 421 g/mol. The Morgan fingerprint density at radius 1 is 1.12 bits per heavy atom. The summed E-state index contributed by atoms with van der Waals surface area (Å²) in [5.41, 5.74) is 2.06. The number of allylic oxidation sites excluding steroid dienone is 3. The van der Waals surface area contributed by atoms with Gasteiger partial charge in [-0.05, 0) is 76.6 Å². The van der Waals surface area contributed by atoms with Gasteiger partial charge in [-0.15, -0.1) is 0 Å². The van der Waals surface area contributed by atoms with Crippen molar-refractivity contribution < 1.29 is 18.7 Å². The minimum absolute atomic E-state index is 0.0442. The van der Waals surface area contributed by atoms with E-state index >= 15 is 0 Å². The van der Waals surface area contributed by atoms with Gasteiger partial charge in [-0.2, -0.15) is 0 Å². The van der Waals surface area contributed by atoms with Gasteiger partial charge in [0.25, 0.3) is 0 Å². The molecular formula is C26H38FN3O3. The molecule has 0 radical (unpaired) electrons. The Bertz CT molecular complexity index is 860. The van der Waals surface area contributed by atoms with Crippen LogP contribution >= 0.6 is 0 Å². The Morgan fingerprint density at radius 2 is 1.79 bits per heavy atom. The highest BCUT2D eigenvalue weighted by atomic mass is 19.1. The maximum atomic E-state index is 14.3. The summed E-state index contributed by atoms with van der Waals surface area (Å²) in [4.78, 5) is 32.0. The van der Waals surface area contributed by atoms with Gasteiger partial charge in [0, 0.05) is 48.1 Å². The van der Waals surface area contributed by atoms with E-state index in [1.165, 1.54) is 0 Å². The first kappa shape index (κ1) is 22.9. The van der Waals surface area contributed by atoms with Crippen LogP contribution in [0.2, 0.25) is 0 Å². The predicted molar refractivity (Wildman–Crippen MR) is 124 cm³/mol. The van der Waals surface area contributed by atoms with E-state index in [2.05, 4.69) is 4.90 Å². The Morgan fingerprint density at radius 3 is 2.39 bits per heavy atom. The van der Waals surface area contributed by atoms with E-state index in [-0.39, 0.29) is 29.2 Å². The van der Waals surface area contributed by atoms with Crippen molar-refractivity contribution in [3.05, 3.63) is 23.2 Å². The normalized spacial score (nSPS) is 31.3. The molecule has 2 amide bonds. The zero-order valence-electron chi connectivity index (χ0n) is 20.3. The van der Waals surface area contributed by atoms with Crippen LogP contribution in [-0.4, -0.2) is 71.1 Å². The lowest BCUT2D eigenvalue weighted by molar-refractivity contribution is -0.133. The number of likely N-dealkylation sites (tertiary alicyclic amines) is 1. The first-order valence-corrected chi connectivity index (χ1v) is 12.9. The Balaban J connectivity index is 1.28. The van der Waals surface area contributed by atoms with Gasteiger partial charge in [-0.25, -0.2) is 9.18 Å². The second kappa shape index (κ2) is 8.71. The number of hydrogen-bond donors (Lipinski definition) is 0. The summed E-state index contributed by atoms with van der Waals surface area (Å²) in [6, 6.07) is 1.07.